The van der Waals surface area contributed by atoms with Gasteiger partial charge in [-0.05, 0) is 0 Å². The molecule has 2 rings (SSSR count). The molecule has 1 aliphatic heterocycles. The number of aromatic nitrogens is 2. The Morgan fingerprint density at radius 1 is 1.20 bits per heavy atom. The van der Waals surface area contributed by atoms with Crippen LogP contribution >= 0.6 is 0 Å². The molecule has 0 saturated heterocycles. The van der Waals surface area contributed by atoms with Crippen LogP contribution in [0, 0.1) is 0 Å². The van der Waals surface area contributed by atoms with Gasteiger partial charge in [0.1, 0.15) is 0 Å². The molecule has 0 atom stereocenters. The Kier molecular flexibility index (Phi) is 0.887. The van der Waals surface area contributed by atoms with Crippen molar-refractivity contribution >= 4 is 12.1 Å². The summed E-state index contributed by atoms with van der Waals surface area (Å²) in [6, 6.07) is 0. The lowest BCUT2D eigenvalue weighted by Gasteiger charge is -1.88. The van der Waals surface area contributed by atoms with Gasteiger partial charge < -0.3 is 0 Å². The molecule has 0 radical (unpaired) electrons. The Bertz CT molecular complexity index is 319. The molecule has 0 aromatic carbocycles. The van der Waals surface area contributed by atoms with Crippen LogP contribution in [0.1, 0.15) is 15.9 Å². The summed E-state index contributed by atoms with van der Waals surface area (Å²) in [4.78, 5) is 14.4. The predicted molar refractivity (Wildman–Crippen MR) is 34.0 cm³/mol. The first-order valence-corrected chi connectivity index (χ1v) is 2.77. The van der Waals surface area contributed by atoms with Crippen LogP contribution in [0.5, 0.6) is 0 Å². The number of carbonyl (C=O) groups is 1. The van der Waals surface area contributed by atoms with Gasteiger partial charge in [0.05, 0.1) is 18.0 Å². The van der Waals surface area contributed by atoms with E-state index in [1.807, 2.05) is 0 Å². The summed E-state index contributed by atoms with van der Waals surface area (Å²) < 4.78 is 0. The molecule has 0 N–H and O–H groups in total. The van der Waals surface area contributed by atoms with E-state index in [1.54, 1.807) is 0 Å². The Hall–Kier alpha value is -1.58. The van der Waals surface area contributed by atoms with Gasteiger partial charge in [0.25, 0.3) is 5.91 Å². The van der Waals surface area contributed by atoms with Crippen molar-refractivity contribution in [2.24, 2.45) is 4.99 Å². The lowest BCUT2D eigenvalue weighted by Crippen LogP contribution is -1.93. The average Bonchev–Trinajstić information content (AvgIpc) is 2.34. The van der Waals surface area contributed by atoms with Crippen LogP contribution < -0.4 is 0 Å². The Balaban J connectivity index is 2.70. The standard InChI is InChI=1S/C6H3N3O/c10-6-5-3-9-8-2-4(5)1-7-6/h1-3H. The van der Waals surface area contributed by atoms with Crippen LogP contribution in [-0.4, -0.2) is 22.3 Å². The van der Waals surface area contributed by atoms with E-state index in [9.17, 15) is 4.79 Å². The van der Waals surface area contributed by atoms with Crippen LogP contribution in [0.4, 0.5) is 0 Å². The maximum atomic E-state index is 10.8. The third-order valence-corrected chi connectivity index (χ3v) is 1.31. The van der Waals surface area contributed by atoms with Gasteiger partial charge in [-0.2, -0.15) is 10.2 Å². The molecule has 0 saturated carbocycles. The first-order chi connectivity index (χ1) is 4.88. The molecule has 0 spiro atoms. The zero-order valence-electron chi connectivity index (χ0n) is 4.98. The number of rotatable bonds is 0. The van der Waals surface area contributed by atoms with Gasteiger partial charge in [-0.1, -0.05) is 0 Å². The summed E-state index contributed by atoms with van der Waals surface area (Å²) in [6.45, 7) is 0. The second kappa shape index (κ2) is 1.70. The number of amides is 1. The van der Waals surface area contributed by atoms with E-state index >= 15 is 0 Å². The smallest absolute Gasteiger partial charge is 0.267 e. The molecular weight excluding hydrogens is 130 g/mol. The molecule has 1 amide bonds. The second-order valence-electron chi connectivity index (χ2n) is 1.92. The van der Waals surface area contributed by atoms with E-state index in [-0.39, 0.29) is 5.91 Å². The maximum Gasteiger partial charge on any atom is 0.279 e. The zero-order valence-corrected chi connectivity index (χ0v) is 4.98. The number of fused-ring (bicyclic) bond motifs is 1. The number of nitrogens with zero attached hydrogens (tertiary/aromatic N) is 3. The molecule has 1 aromatic rings. The SMILES string of the molecule is O=C1N=Cc2cnncc21. The van der Waals surface area contributed by atoms with Crippen molar-refractivity contribution in [3.63, 3.8) is 0 Å². The van der Waals surface area contributed by atoms with Gasteiger partial charge >= 0.3 is 0 Å². The molecule has 48 valence electrons. The normalized spacial score (nSPS) is 13.8. The van der Waals surface area contributed by atoms with E-state index in [0.717, 1.165) is 5.56 Å². The van der Waals surface area contributed by atoms with Gasteiger partial charge in [0.2, 0.25) is 0 Å². The fourth-order valence-electron chi connectivity index (χ4n) is 0.810. The summed E-state index contributed by atoms with van der Waals surface area (Å²) in [5, 5.41) is 7.15. The van der Waals surface area contributed by atoms with Crippen molar-refractivity contribution in [3.05, 3.63) is 23.5 Å². The second-order valence-corrected chi connectivity index (χ2v) is 1.92. The van der Waals surface area contributed by atoms with Gasteiger partial charge in [-0.25, -0.2) is 4.99 Å². The molecular formula is C6H3N3O. The average molecular weight is 133 g/mol. The summed E-state index contributed by atoms with van der Waals surface area (Å²) in [5.74, 6) is -0.232. The lowest BCUT2D eigenvalue weighted by molar-refractivity contribution is 0.101. The highest BCUT2D eigenvalue weighted by Crippen LogP contribution is 2.09. The molecule has 1 aromatic heterocycles. The Labute approximate surface area is 56.6 Å². The first-order valence-electron chi connectivity index (χ1n) is 2.77. The number of hydrogen-bond donors (Lipinski definition) is 0. The monoisotopic (exact) mass is 133 g/mol. The number of aliphatic imine (C=N–C) groups is 1. The largest absolute Gasteiger partial charge is 0.279 e. The molecule has 0 bridgehead atoms. The fraction of sp³-hybridized carbons (Fsp3) is 0. The van der Waals surface area contributed by atoms with Crippen LogP contribution in [0.15, 0.2) is 17.4 Å². The minimum absolute atomic E-state index is 0.232. The topological polar surface area (TPSA) is 55.2 Å². The van der Waals surface area contributed by atoms with Crippen molar-refractivity contribution in [1.29, 1.82) is 0 Å². The Morgan fingerprint density at radius 2 is 2.00 bits per heavy atom. The predicted octanol–water partition coefficient (Wildman–Crippen LogP) is 0.0493. The van der Waals surface area contributed by atoms with Gasteiger partial charge in [0, 0.05) is 11.8 Å². The lowest BCUT2D eigenvalue weighted by atomic mass is 10.2. The van der Waals surface area contributed by atoms with Crippen LogP contribution in [0.25, 0.3) is 0 Å². The fourth-order valence-corrected chi connectivity index (χ4v) is 0.810. The highest BCUT2D eigenvalue weighted by atomic mass is 16.1. The minimum atomic E-state index is -0.232. The summed E-state index contributed by atoms with van der Waals surface area (Å²) in [5.41, 5.74) is 1.29. The molecule has 4 heteroatoms. The van der Waals surface area contributed by atoms with E-state index < -0.39 is 0 Å². The molecule has 0 unspecified atom stereocenters. The number of hydrogen-bond acceptors (Lipinski definition) is 3. The van der Waals surface area contributed by atoms with Crippen molar-refractivity contribution in [2.45, 2.75) is 0 Å². The first kappa shape index (κ1) is 5.22. The minimum Gasteiger partial charge on any atom is -0.267 e. The maximum absolute atomic E-state index is 10.8. The quantitative estimate of drug-likeness (QED) is 0.502. The number of carbonyl (C=O) groups excluding carboxylic acids is 1. The van der Waals surface area contributed by atoms with Crippen molar-refractivity contribution in [3.8, 4) is 0 Å². The van der Waals surface area contributed by atoms with Gasteiger partial charge in [0.15, 0.2) is 0 Å². The van der Waals surface area contributed by atoms with E-state index in [0.29, 0.717) is 5.56 Å². The Morgan fingerprint density at radius 3 is 2.80 bits per heavy atom. The molecule has 4 nitrogen and oxygen atoms in total. The summed E-state index contributed by atoms with van der Waals surface area (Å²) >= 11 is 0. The highest BCUT2D eigenvalue weighted by Gasteiger charge is 2.14. The van der Waals surface area contributed by atoms with E-state index in [4.69, 9.17) is 0 Å². The van der Waals surface area contributed by atoms with Crippen molar-refractivity contribution < 1.29 is 4.79 Å². The van der Waals surface area contributed by atoms with Crippen LogP contribution in [-0.2, 0) is 0 Å². The highest BCUT2D eigenvalue weighted by molar-refractivity contribution is 6.12. The van der Waals surface area contributed by atoms with Crippen molar-refractivity contribution in [2.75, 3.05) is 0 Å². The zero-order chi connectivity index (χ0) is 6.97. The molecule has 2 heterocycles. The molecule has 0 fully saturated rings. The van der Waals surface area contributed by atoms with Crippen molar-refractivity contribution in [1.82, 2.24) is 10.2 Å². The molecule has 10 heavy (non-hydrogen) atoms. The van der Waals surface area contributed by atoms with E-state index in [1.165, 1.54) is 18.6 Å². The van der Waals surface area contributed by atoms with Gasteiger partial charge in [-0.15, -0.1) is 0 Å². The van der Waals surface area contributed by atoms with Crippen LogP contribution in [0.2, 0.25) is 0 Å². The van der Waals surface area contributed by atoms with E-state index in [2.05, 4.69) is 15.2 Å². The van der Waals surface area contributed by atoms with Gasteiger partial charge in [-0.3, -0.25) is 4.79 Å². The summed E-state index contributed by atoms with van der Waals surface area (Å²) in [7, 11) is 0. The molecule has 1 aliphatic rings. The third kappa shape index (κ3) is 0.556. The van der Waals surface area contributed by atoms with Crippen LogP contribution in [0.3, 0.4) is 0 Å². The third-order valence-electron chi connectivity index (χ3n) is 1.31. The molecule has 0 aliphatic carbocycles. The summed E-state index contributed by atoms with van der Waals surface area (Å²) in [6.07, 6.45) is 4.43.